The van der Waals surface area contributed by atoms with E-state index >= 15 is 0 Å². The number of carbonyl (C=O) groups is 2. The zero-order valence-corrected chi connectivity index (χ0v) is 8.73. The predicted molar refractivity (Wildman–Crippen MR) is 56.8 cm³/mol. The Morgan fingerprint density at radius 2 is 2.13 bits per heavy atom. The molecule has 4 nitrogen and oxygen atoms in total. The fraction of sp³-hybridized carbons (Fsp3) is 0.273. The lowest BCUT2D eigenvalue weighted by molar-refractivity contribution is -0.131. The summed E-state index contributed by atoms with van der Waals surface area (Å²) in [7, 11) is 0. The summed E-state index contributed by atoms with van der Waals surface area (Å²) in [6, 6.07) is 3.44. The highest BCUT2D eigenvalue weighted by atomic mass is 16.4. The topological polar surface area (TPSA) is 59.3 Å². The first-order valence-corrected chi connectivity index (χ1v) is 4.67. The molecule has 1 aromatic heterocycles. The lowest BCUT2D eigenvalue weighted by Gasteiger charge is -2.05. The second kappa shape index (κ2) is 4.59. The summed E-state index contributed by atoms with van der Waals surface area (Å²) >= 11 is 0. The first kappa shape index (κ1) is 11.2. The number of aliphatic carboxylic acids is 1. The Morgan fingerprint density at radius 3 is 2.60 bits per heavy atom. The van der Waals surface area contributed by atoms with Gasteiger partial charge in [-0.15, -0.1) is 0 Å². The molecule has 0 unspecified atom stereocenters. The van der Waals surface area contributed by atoms with Gasteiger partial charge in [0.25, 0.3) is 0 Å². The normalized spacial score (nSPS) is 10.8. The van der Waals surface area contributed by atoms with E-state index in [0.717, 1.165) is 11.8 Å². The molecule has 4 heteroatoms. The van der Waals surface area contributed by atoms with Crippen molar-refractivity contribution in [3.63, 3.8) is 0 Å². The molecule has 0 aliphatic rings. The van der Waals surface area contributed by atoms with Gasteiger partial charge < -0.3 is 9.67 Å². The highest BCUT2D eigenvalue weighted by molar-refractivity contribution is 5.93. The fourth-order valence-corrected chi connectivity index (χ4v) is 1.45. The average Bonchev–Trinajstić information content (AvgIpc) is 2.57. The molecule has 0 amide bonds. The molecule has 80 valence electrons. The largest absolute Gasteiger partial charge is 0.478 e. The van der Waals surface area contributed by atoms with Crippen molar-refractivity contribution in [2.45, 2.75) is 20.4 Å². The van der Waals surface area contributed by atoms with Gasteiger partial charge >= 0.3 is 5.97 Å². The van der Waals surface area contributed by atoms with Gasteiger partial charge in [0, 0.05) is 25.2 Å². The van der Waals surface area contributed by atoms with Gasteiger partial charge in [0.2, 0.25) is 0 Å². The van der Waals surface area contributed by atoms with E-state index in [2.05, 4.69) is 0 Å². The molecule has 0 saturated carbocycles. The van der Waals surface area contributed by atoms with Crippen LogP contribution in [0.1, 0.15) is 30.0 Å². The number of aromatic nitrogens is 1. The zero-order chi connectivity index (χ0) is 11.4. The maximum Gasteiger partial charge on any atom is 0.328 e. The van der Waals surface area contributed by atoms with Crippen LogP contribution in [0, 0.1) is 0 Å². The summed E-state index contributed by atoms with van der Waals surface area (Å²) in [6.45, 7) is 4.04. The Kier molecular flexibility index (Phi) is 3.44. The van der Waals surface area contributed by atoms with E-state index in [1.807, 2.05) is 6.92 Å². The quantitative estimate of drug-likeness (QED) is 0.605. The lowest BCUT2D eigenvalue weighted by Crippen LogP contribution is -2.06. The number of carboxylic acid groups (broad SMARTS) is 1. The van der Waals surface area contributed by atoms with Gasteiger partial charge in [0.1, 0.15) is 0 Å². The first-order chi connectivity index (χ1) is 7.06. The average molecular weight is 207 g/mol. The van der Waals surface area contributed by atoms with Crippen LogP contribution in [0.4, 0.5) is 0 Å². The fourth-order valence-electron chi connectivity index (χ4n) is 1.45. The zero-order valence-electron chi connectivity index (χ0n) is 8.73. The van der Waals surface area contributed by atoms with Crippen molar-refractivity contribution in [1.82, 2.24) is 4.57 Å². The molecule has 0 aromatic carbocycles. The van der Waals surface area contributed by atoms with Crippen molar-refractivity contribution in [2.24, 2.45) is 0 Å². The Morgan fingerprint density at radius 1 is 1.47 bits per heavy atom. The van der Waals surface area contributed by atoms with Crippen LogP contribution < -0.4 is 0 Å². The summed E-state index contributed by atoms with van der Waals surface area (Å²) < 4.78 is 1.78. The van der Waals surface area contributed by atoms with Gasteiger partial charge in [-0.2, -0.15) is 0 Å². The van der Waals surface area contributed by atoms with Crippen molar-refractivity contribution in [3.05, 3.63) is 29.6 Å². The number of carbonyl (C=O) groups excluding carboxylic acids is 1. The molecule has 0 spiro atoms. The summed E-state index contributed by atoms with van der Waals surface area (Å²) in [4.78, 5) is 21.6. The molecular weight excluding hydrogens is 194 g/mol. The van der Waals surface area contributed by atoms with Gasteiger partial charge in [-0.1, -0.05) is 0 Å². The van der Waals surface area contributed by atoms with Crippen molar-refractivity contribution in [2.75, 3.05) is 0 Å². The second-order valence-electron chi connectivity index (χ2n) is 3.12. The molecule has 1 N–H and O–H groups in total. The summed E-state index contributed by atoms with van der Waals surface area (Å²) in [5, 5.41) is 8.49. The third kappa shape index (κ3) is 2.56. The maximum absolute atomic E-state index is 11.2. The number of hydrogen-bond acceptors (Lipinski definition) is 2. The Bertz CT molecular complexity index is 415. The molecule has 1 heterocycles. The third-order valence-electron chi connectivity index (χ3n) is 2.09. The molecular formula is C11H13NO3. The number of carboxylic acids is 1. The molecule has 0 aliphatic carbocycles. The molecule has 0 bridgehead atoms. The Hall–Kier alpha value is -1.84. The van der Waals surface area contributed by atoms with Crippen molar-refractivity contribution in [3.8, 4) is 0 Å². The van der Waals surface area contributed by atoms with E-state index in [-0.39, 0.29) is 5.78 Å². The van der Waals surface area contributed by atoms with E-state index in [0.29, 0.717) is 12.2 Å². The standard InChI is InChI=1S/C11H13NO3/c1-3-12-9(5-7-11(14)15)4-6-10(12)8(2)13/h4-7H,3H2,1-2H3,(H,14,15)/b7-5+. The van der Waals surface area contributed by atoms with Crippen LogP contribution in [-0.2, 0) is 11.3 Å². The summed E-state index contributed by atoms with van der Waals surface area (Å²) in [5.41, 5.74) is 1.33. The molecule has 0 fully saturated rings. The van der Waals surface area contributed by atoms with Crippen molar-refractivity contribution in [1.29, 1.82) is 0 Å². The van der Waals surface area contributed by atoms with Gasteiger partial charge in [-0.25, -0.2) is 4.79 Å². The van der Waals surface area contributed by atoms with E-state index < -0.39 is 5.97 Å². The molecule has 1 aromatic rings. The third-order valence-corrected chi connectivity index (χ3v) is 2.09. The highest BCUT2D eigenvalue weighted by Crippen LogP contribution is 2.11. The minimum atomic E-state index is -0.997. The molecule has 0 aliphatic heterocycles. The molecule has 0 atom stereocenters. The van der Waals surface area contributed by atoms with Crippen molar-refractivity contribution < 1.29 is 14.7 Å². The first-order valence-electron chi connectivity index (χ1n) is 4.67. The molecule has 1 rings (SSSR count). The second-order valence-corrected chi connectivity index (χ2v) is 3.12. The SMILES string of the molecule is CCn1c(/C=C/C(=O)O)ccc1C(C)=O. The minimum absolute atomic E-state index is 0.0215. The van der Waals surface area contributed by atoms with E-state index in [1.165, 1.54) is 13.0 Å². The number of nitrogens with zero attached hydrogens (tertiary/aromatic N) is 1. The van der Waals surface area contributed by atoms with Gasteiger partial charge in [-0.3, -0.25) is 4.79 Å². The van der Waals surface area contributed by atoms with Crippen LogP contribution in [0.25, 0.3) is 6.08 Å². The molecule has 0 saturated heterocycles. The van der Waals surface area contributed by atoms with Crippen molar-refractivity contribution >= 4 is 17.8 Å². The number of hydrogen-bond donors (Lipinski definition) is 1. The maximum atomic E-state index is 11.2. The van der Waals surface area contributed by atoms with E-state index in [4.69, 9.17) is 5.11 Å². The monoisotopic (exact) mass is 207 g/mol. The summed E-state index contributed by atoms with van der Waals surface area (Å²) in [5.74, 6) is -1.02. The number of Topliss-reactive ketones (excluding diaryl/α,β-unsaturated/α-hetero) is 1. The predicted octanol–water partition coefficient (Wildman–Crippen LogP) is 1.81. The molecule has 0 radical (unpaired) electrons. The van der Waals surface area contributed by atoms with Crippen LogP contribution in [0.3, 0.4) is 0 Å². The minimum Gasteiger partial charge on any atom is -0.478 e. The highest BCUT2D eigenvalue weighted by Gasteiger charge is 2.08. The Balaban J connectivity index is 3.09. The van der Waals surface area contributed by atoms with Crippen LogP contribution in [0.5, 0.6) is 0 Å². The van der Waals surface area contributed by atoms with Crippen LogP contribution in [-0.4, -0.2) is 21.4 Å². The lowest BCUT2D eigenvalue weighted by atomic mass is 10.3. The smallest absolute Gasteiger partial charge is 0.328 e. The van der Waals surface area contributed by atoms with Crippen LogP contribution in [0.2, 0.25) is 0 Å². The van der Waals surface area contributed by atoms with E-state index in [9.17, 15) is 9.59 Å². The Labute approximate surface area is 87.8 Å². The van der Waals surface area contributed by atoms with Crippen LogP contribution in [0.15, 0.2) is 18.2 Å². The van der Waals surface area contributed by atoms with Gasteiger partial charge in [-0.05, 0) is 25.1 Å². The van der Waals surface area contributed by atoms with E-state index in [1.54, 1.807) is 16.7 Å². The molecule has 15 heavy (non-hydrogen) atoms. The number of rotatable bonds is 4. The number of ketones is 1. The van der Waals surface area contributed by atoms with Crippen LogP contribution >= 0.6 is 0 Å². The summed E-state index contributed by atoms with van der Waals surface area (Å²) in [6.07, 6.45) is 2.55. The van der Waals surface area contributed by atoms with Gasteiger partial charge in [0.05, 0.1) is 5.69 Å². The van der Waals surface area contributed by atoms with Gasteiger partial charge in [0.15, 0.2) is 5.78 Å².